The molecule has 1 fully saturated rings. The summed E-state index contributed by atoms with van der Waals surface area (Å²) in [6.45, 7) is 5.81. The average molecular weight is 340 g/mol. The first-order valence-electron chi connectivity index (χ1n) is 7.79. The predicted molar refractivity (Wildman–Crippen MR) is 89.3 cm³/mol. The lowest BCUT2D eigenvalue weighted by atomic mass is 10.1. The molecule has 0 radical (unpaired) electrons. The zero-order valence-electron chi connectivity index (χ0n) is 13.7. The van der Waals surface area contributed by atoms with Gasteiger partial charge < -0.3 is 15.4 Å². The van der Waals surface area contributed by atoms with Gasteiger partial charge in [-0.1, -0.05) is 12.1 Å². The number of rotatable bonds is 5. The van der Waals surface area contributed by atoms with Crippen LogP contribution < -0.4 is 15.4 Å². The van der Waals surface area contributed by atoms with Crippen LogP contribution >= 0.6 is 0 Å². The molecular formula is C16H24N2O4S. The van der Waals surface area contributed by atoms with Gasteiger partial charge in [-0.3, -0.25) is 0 Å². The van der Waals surface area contributed by atoms with Crippen LogP contribution in [0.1, 0.15) is 38.8 Å². The van der Waals surface area contributed by atoms with Crippen molar-refractivity contribution in [2.45, 2.75) is 45.4 Å². The fraction of sp³-hybridized carbons (Fsp3) is 0.562. The van der Waals surface area contributed by atoms with Crippen molar-refractivity contribution in [3.8, 4) is 5.75 Å². The van der Waals surface area contributed by atoms with E-state index in [0.29, 0.717) is 6.42 Å². The SMILES string of the molecule is CC(C)Oc1ccc([C@H](C)NC(=O)N[C@@H]2CCS(=O)(=O)C2)cc1. The molecule has 0 unspecified atom stereocenters. The van der Waals surface area contributed by atoms with E-state index in [1.165, 1.54) is 0 Å². The van der Waals surface area contributed by atoms with E-state index in [4.69, 9.17) is 4.74 Å². The van der Waals surface area contributed by atoms with E-state index >= 15 is 0 Å². The molecule has 128 valence electrons. The Balaban J connectivity index is 1.86. The van der Waals surface area contributed by atoms with Gasteiger partial charge in [-0.05, 0) is 44.9 Å². The first-order valence-corrected chi connectivity index (χ1v) is 9.61. The molecule has 1 aliphatic rings. The van der Waals surface area contributed by atoms with Gasteiger partial charge >= 0.3 is 6.03 Å². The molecule has 1 heterocycles. The number of ether oxygens (including phenoxy) is 1. The molecule has 6 nitrogen and oxygen atoms in total. The number of amides is 2. The number of urea groups is 1. The Morgan fingerprint density at radius 2 is 1.87 bits per heavy atom. The lowest BCUT2D eigenvalue weighted by Crippen LogP contribution is -2.43. The molecule has 2 amide bonds. The van der Waals surface area contributed by atoms with Crippen LogP contribution in [0.3, 0.4) is 0 Å². The number of hydrogen-bond donors (Lipinski definition) is 2. The van der Waals surface area contributed by atoms with Crippen LogP contribution in [0, 0.1) is 0 Å². The monoisotopic (exact) mass is 340 g/mol. The van der Waals surface area contributed by atoms with Crippen LogP contribution in [0.5, 0.6) is 5.75 Å². The lowest BCUT2D eigenvalue weighted by Gasteiger charge is -2.18. The normalized spacial score (nSPS) is 21.0. The molecule has 0 spiro atoms. The quantitative estimate of drug-likeness (QED) is 0.859. The second kappa shape index (κ2) is 7.21. The van der Waals surface area contributed by atoms with E-state index in [9.17, 15) is 13.2 Å². The number of nitrogens with one attached hydrogen (secondary N) is 2. The molecule has 1 aliphatic heterocycles. The predicted octanol–water partition coefficient (Wildman–Crippen LogP) is 2.02. The van der Waals surface area contributed by atoms with Gasteiger partial charge in [-0.2, -0.15) is 0 Å². The van der Waals surface area contributed by atoms with Crippen LogP contribution in [-0.4, -0.2) is 38.1 Å². The largest absolute Gasteiger partial charge is 0.491 e. The van der Waals surface area contributed by atoms with Gasteiger partial charge in [-0.15, -0.1) is 0 Å². The van der Waals surface area contributed by atoms with Crippen molar-refractivity contribution in [3.63, 3.8) is 0 Å². The second-order valence-electron chi connectivity index (χ2n) is 6.18. The minimum atomic E-state index is -2.99. The number of hydrogen-bond acceptors (Lipinski definition) is 4. The molecule has 0 bridgehead atoms. The second-order valence-corrected chi connectivity index (χ2v) is 8.40. The summed E-state index contributed by atoms with van der Waals surface area (Å²) in [4.78, 5) is 12.0. The van der Waals surface area contributed by atoms with Crippen molar-refractivity contribution < 1.29 is 17.9 Å². The Bertz CT molecular complexity index is 641. The van der Waals surface area contributed by atoms with Gasteiger partial charge in [0, 0.05) is 6.04 Å². The molecule has 1 saturated heterocycles. The summed E-state index contributed by atoms with van der Waals surface area (Å²) in [5.41, 5.74) is 0.954. The standard InChI is InChI=1S/C16H24N2O4S/c1-11(2)22-15-6-4-13(5-7-15)12(3)17-16(19)18-14-8-9-23(20,21)10-14/h4-7,11-12,14H,8-10H2,1-3H3,(H2,17,18,19)/t12-,14+/m0/s1. The van der Waals surface area contributed by atoms with Crippen molar-refractivity contribution in [3.05, 3.63) is 29.8 Å². The Morgan fingerprint density at radius 1 is 1.22 bits per heavy atom. The zero-order chi connectivity index (χ0) is 17.0. The summed E-state index contributed by atoms with van der Waals surface area (Å²) in [6.07, 6.45) is 0.593. The minimum absolute atomic E-state index is 0.0238. The van der Waals surface area contributed by atoms with Gasteiger partial charge in [0.1, 0.15) is 5.75 Å². The van der Waals surface area contributed by atoms with Crippen LogP contribution in [-0.2, 0) is 9.84 Å². The maximum absolute atomic E-state index is 12.0. The van der Waals surface area contributed by atoms with E-state index in [0.717, 1.165) is 11.3 Å². The Labute approximate surface area is 137 Å². The molecule has 0 aromatic heterocycles. The maximum Gasteiger partial charge on any atom is 0.315 e. The highest BCUT2D eigenvalue weighted by molar-refractivity contribution is 7.91. The average Bonchev–Trinajstić information content (AvgIpc) is 2.77. The van der Waals surface area contributed by atoms with Crippen molar-refractivity contribution in [1.29, 1.82) is 0 Å². The molecular weight excluding hydrogens is 316 g/mol. The van der Waals surface area contributed by atoms with Gasteiger partial charge in [0.15, 0.2) is 9.84 Å². The third-order valence-electron chi connectivity index (χ3n) is 3.67. The van der Waals surface area contributed by atoms with E-state index in [-0.39, 0.29) is 35.7 Å². The van der Waals surface area contributed by atoms with E-state index in [1.54, 1.807) is 0 Å². The summed E-state index contributed by atoms with van der Waals surface area (Å²) in [5, 5.41) is 5.54. The third-order valence-corrected chi connectivity index (χ3v) is 5.44. The van der Waals surface area contributed by atoms with E-state index in [1.807, 2.05) is 45.0 Å². The van der Waals surface area contributed by atoms with Crippen molar-refractivity contribution >= 4 is 15.9 Å². The number of benzene rings is 1. The number of sulfone groups is 1. The Hall–Kier alpha value is -1.76. The molecule has 1 aromatic rings. The van der Waals surface area contributed by atoms with E-state index < -0.39 is 9.84 Å². The first-order chi connectivity index (χ1) is 10.7. The van der Waals surface area contributed by atoms with Crippen molar-refractivity contribution in [1.82, 2.24) is 10.6 Å². The smallest absolute Gasteiger partial charge is 0.315 e. The van der Waals surface area contributed by atoms with Gasteiger partial charge in [0.2, 0.25) is 0 Å². The molecule has 1 aromatic carbocycles. The molecule has 2 atom stereocenters. The Morgan fingerprint density at radius 3 is 2.39 bits per heavy atom. The van der Waals surface area contributed by atoms with Crippen molar-refractivity contribution in [2.75, 3.05) is 11.5 Å². The highest BCUT2D eigenvalue weighted by atomic mass is 32.2. The summed E-state index contributed by atoms with van der Waals surface area (Å²) in [6, 6.07) is 6.73. The molecule has 2 N–H and O–H groups in total. The van der Waals surface area contributed by atoms with E-state index in [2.05, 4.69) is 10.6 Å². The van der Waals surface area contributed by atoms with Crippen LogP contribution in [0.15, 0.2) is 24.3 Å². The molecule has 0 aliphatic carbocycles. The van der Waals surface area contributed by atoms with Gasteiger partial charge in [-0.25, -0.2) is 13.2 Å². The van der Waals surface area contributed by atoms with Gasteiger partial charge in [0.05, 0.1) is 23.7 Å². The highest BCUT2D eigenvalue weighted by Gasteiger charge is 2.29. The van der Waals surface area contributed by atoms with Crippen molar-refractivity contribution in [2.24, 2.45) is 0 Å². The van der Waals surface area contributed by atoms with Gasteiger partial charge in [0.25, 0.3) is 0 Å². The summed E-state index contributed by atoms with van der Waals surface area (Å²) in [5.74, 6) is 0.956. The minimum Gasteiger partial charge on any atom is -0.491 e. The fourth-order valence-electron chi connectivity index (χ4n) is 2.52. The molecule has 7 heteroatoms. The third kappa shape index (κ3) is 5.42. The number of carbonyl (C=O) groups excluding carboxylic acids is 1. The zero-order valence-corrected chi connectivity index (χ0v) is 14.5. The highest BCUT2D eigenvalue weighted by Crippen LogP contribution is 2.18. The molecule has 0 saturated carbocycles. The summed E-state index contributed by atoms with van der Waals surface area (Å²) < 4.78 is 28.4. The summed E-state index contributed by atoms with van der Waals surface area (Å²) >= 11 is 0. The molecule has 23 heavy (non-hydrogen) atoms. The first kappa shape index (κ1) is 17.6. The van der Waals surface area contributed by atoms with Crippen LogP contribution in [0.2, 0.25) is 0 Å². The van der Waals surface area contributed by atoms with Crippen LogP contribution in [0.25, 0.3) is 0 Å². The molecule has 2 rings (SSSR count). The topological polar surface area (TPSA) is 84.5 Å². The van der Waals surface area contributed by atoms with Crippen LogP contribution in [0.4, 0.5) is 4.79 Å². The maximum atomic E-state index is 12.0. The fourth-order valence-corrected chi connectivity index (χ4v) is 4.20. The lowest BCUT2D eigenvalue weighted by molar-refractivity contribution is 0.235. The number of carbonyl (C=O) groups is 1. The summed E-state index contributed by atoms with van der Waals surface area (Å²) in [7, 11) is -2.99. The Kier molecular flexibility index (Phi) is 5.51.